The summed E-state index contributed by atoms with van der Waals surface area (Å²) in [7, 11) is 0. The first-order valence-electron chi connectivity index (χ1n) is 3.51. The van der Waals surface area contributed by atoms with Crippen molar-refractivity contribution in [3.63, 3.8) is 0 Å². The molecule has 2 heterocycles. The monoisotopic (exact) mass is 242 g/mol. The van der Waals surface area contributed by atoms with Crippen molar-refractivity contribution in [1.29, 1.82) is 0 Å². The molecule has 0 bridgehead atoms. The second kappa shape index (κ2) is 2.92. The molecular formula is C8H4BrFN2O. The Hall–Kier alpha value is -1.23. The maximum Gasteiger partial charge on any atom is 0.272 e. The fourth-order valence-corrected chi connectivity index (χ4v) is 1.32. The summed E-state index contributed by atoms with van der Waals surface area (Å²) >= 11 is 3.02. The molecule has 0 aliphatic rings. The predicted octanol–water partition coefficient (Wildman–Crippen LogP) is 1.60. The highest BCUT2D eigenvalue weighted by Crippen LogP contribution is 2.04. The molecule has 0 aliphatic heterocycles. The van der Waals surface area contributed by atoms with E-state index in [2.05, 4.69) is 20.9 Å². The molecule has 0 amide bonds. The Bertz CT molecular complexity index is 518. The highest BCUT2D eigenvalue weighted by atomic mass is 79.9. The van der Waals surface area contributed by atoms with Crippen LogP contribution < -0.4 is 5.56 Å². The third-order valence-electron chi connectivity index (χ3n) is 1.62. The molecule has 0 radical (unpaired) electrons. The van der Waals surface area contributed by atoms with Gasteiger partial charge in [0, 0.05) is 12.4 Å². The smallest absolute Gasteiger partial charge is 0.268 e. The Morgan fingerprint density at radius 2 is 2.23 bits per heavy atom. The summed E-state index contributed by atoms with van der Waals surface area (Å²) in [6.45, 7) is 0. The van der Waals surface area contributed by atoms with Crippen LogP contribution in [0.3, 0.4) is 0 Å². The van der Waals surface area contributed by atoms with Crippen molar-refractivity contribution in [2.45, 2.75) is 0 Å². The summed E-state index contributed by atoms with van der Waals surface area (Å²) in [5.41, 5.74) is 0.110. The lowest BCUT2D eigenvalue weighted by Crippen LogP contribution is -2.15. The van der Waals surface area contributed by atoms with Gasteiger partial charge in [-0.25, -0.2) is 9.37 Å². The summed E-state index contributed by atoms with van der Waals surface area (Å²) < 4.78 is 14.2. The Morgan fingerprint density at radius 1 is 1.46 bits per heavy atom. The molecule has 2 aromatic heterocycles. The summed E-state index contributed by atoms with van der Waals surface area (Å²) in [6, 6.07) is 2.71. The van der Waals surface area contributed by atoms with Crippen LogP contribution in [0.15, 0.2) is 33.8 Å². The SMILES string of the molecule is O=c1c(Br)cnc2ccc(F)cn12. The van der Waals surface area contributed by atoms with E-state index >= 15 is 0 Å². The zero-order valence-corrected chi connectivity index (χ0v) is 7.95. The minimum atomic E-state index is -0.463. The second-order valence-electron chi connectivity index (χ2n) is 2.49. The van der Waals surface area contributed by atoms with E-state index in [0.717, 1.165) is 10.6 Å². The molecule has 13 heavy (non-hydrogen) atoms. The lowest BCUT2D eigenvalue weighted by molar-refractivity contribution is 0.617. The third kappa shape index (κ3) is 1.35. The normalized spacial score (nSPS) is 10.6. The summed E-state index contributed by atoms with van der Waals surface area (Å²) in [6.07, 6.45) is 2.50. The molecule has 0 spiro atoms. The largest absolute Gasteiger partial charge is 0.272 e. The Morgan fingerprint density at radius 3 is 3.00 bits per heavy atom. The van der Waals surface area contributed by atoms with E-state index in [1.807, 2.05) is 0 Å². The van der Waals surface area contributed by atoms with Gasteiger partial charge < -0.3 is 0 Å². The van der Waals surface area contributed by atoms with E-state index in [-0.39, 0.29) is 5.56 Å². The molecule has 0 N–H and O–H groups in total. The first kappa shape index (κ1) is 8.37. The summed E-state index contributed by atoms with van der Waals surface area (Å²) in [5, 5.41) is 0. The van der Waals surface area contributed by atoms with Gasteiger partial charge in [-0.05, 0) is 28.1 Å². The Labute approximate surface area is 81.0 Å². The maximum atomic E-state index is 12.7. The molecule has 0 atom stereocenters. The zero-order valence-electron chi connectivity index (χ0n) is 6.37. The van der Waals surface area contributed by atoms with Gasteiger partial charge in [0.1, 0.15) is 15.9 Å². The standard InChI is InChI=1S/C8H4BrFN2O/c9-6-3-11-7-2-1-5(10)4-12(7)8(6)13/h1-4H. The van der Waals surface area contributed by atoms with Crippen molar-refractivity contribution in [2.24, 2.45) is 0 Å². The zero-order chi connectivity index (χ0) is 9.42. The highest BCUT2D eigenvalue weighted by Gasteiger charge is 2.01. The van der Waals surface area contributed by atoms with E-state index in [9.17, 15) is 9.18 Å². The molecule has 0 saturated heterocycles. The van der Waals surface area contributed by atoms with Crippen molar-refractivity contribution >= 4 is 21.6 Å². The minimum Gasteiger partial charge on any atom is -0.268 e. The molecule has 0 saturated carbocycles. The minimum absolute atomic E-state index is 0.315. The van der Waals surface area contributed by atoms with Crippen LogP contribution in [0.5, 0.6) is 0 Å². The van der Waals surface area contributed by atoms with Crippen molar-refractivity contribution < 1.29 is 4.39 Å². The van der Waals surface area contributed by atoms with Gasteiger partial charge in [-0.3, -0.25) is 9.20 Å². The molecule has 0 aliphatic carbocycles. The molecule has 0 unspecified atom stereocenters. The van der Waals surface area contributed by atoms with E-state index in [1.54, 1.807) is 0 Å². The van der Waals surface area contributed by atoms with Crippen LogP contribution in [0.1, 0.15) is 0 Å². The van der Waals surface area contributed by atoms with Gasteiger partial charge in [0.25, 0.3) is 5.56 Å². The van der Waals surface area contributed by atoms with Crippen molar-refractivity contribution in [3.8, 4) is 0 Å². The number of pyridine rings is 1. The van der Waals surface area contributed by atoms with Gasteiger partial charge >= 0.3 is 0 Å². The van der Waals surface area contributed by atoms with Gasteiger partial charge in [0.05, 0.1) is 0 Å². The Kier molecular flexibility index (Phi) is 1.88. The van der Waals surface area contributed by atoms with Gasteiger partial charge in [-0.15, -0.1) is 0 Å². The molecular weight excluding hydrogens is 239 g/mol. The molecule has 66 valence electrons. The number of fused-ring (bicyclic) bond motifs is 1. The quantitative estimate of drug-likeness (QED) is 0.704. The van der Waals surface area contributed by atoms with Gasteiger partial charge in [-0.1, -0.05) is 0 Å². The molecule has 2 rings (SSSR count). The number of rotatable bonds is 0. The van der Waals surface area contributed by atoms with E-state index < -0.39 is 5.82 Å². The van der Waals surface area contributed by atoms with Gasteiger partial charge in [-0.2, -0.15) is 0 Å². The number of aromatic nitrogens is 2. The van der Waals surface area contributed by atoms with E-state index in [4.69, 9.17) is 0 Å². The fourth-order valence-electron chi connectivity index (χ4n) is 1.03. The topological polar surface area (TPSA) is 34.4 Å². The average molecular weight is 243 g/mol. The second-order valence-corrected chi connectivity index (χ2v) is 3.34. The van der Waals surface area contributed by atoms with Gasteiger partial charge in [0.15, 0.2) is 0 Å². The van der Waals surface area contributed by atoms with Crippen LogP contribution in [0.4, 0.5) is 4.39 Å². The molecule has 5 heteroatoms. The third-order valence-corrected chi connectivity index (χ3v) is 2.17. The fraction of sp³-hybridized carbons (Fsp3) is 0. The van der Waals surface area contributed by atoms with E-state index in [1.165, 1.54) is 18.3 Å². The molecule has 3 nitrogen and oxygen atoms in total. The number of halogens is 2. The lowest BCUT2D eigenvalue weighted by Gasteiger charge is -1.98. The Balaban J connectivity index is 2.97. The van der Waals surface area contributed by atoms with Crippen molar-refractivity contribution in [1.82, 2.24) is 9.38 Å². The lowest BCUT2D eigenvalue weighted by atomic mass is 10.4. The van der Waals surface area contributed by atoms with Crippen LogP contribution in [-0.4, -0.2) is 9.38 Å². The summed E-state index contributed by atoms with van der Waals surface area (Å²) in [4.78, 5) is 15.3. The van der Waals surface area contributed by atoms with Crippen LogP contribution >= 0.6 is 15.9 Å². The van der Waals surface area contributed by atoms with Crippen LogP contribution in [0.2, 0.25) is 0 Å². The van der Waals surface area contributed by atoms with Crippen LogP contribution in [0, 0.1) is 5.82 Å². The molecule has 0 fully saturated rings. The average Bonchev–Trinajstić information content (AvgIpc) is 2.12. The number of nitrogens with zero attached hydrogens (tertiary/aromatic N) is 2. The maximum absolute atomic E-state index is 12.7. The highest BCUT2D eigenvalue weighted by molar-refractivity contribution is 9.10. The molecule has 0 aromatic carbocycles. The summed E-state index contributed by atoms with van der Waals surface area (Å²) in [5.74, 6) is -0.463. The first-order valence-corrected chi connectivity index (χ1v) is 4.30. The van der Waals surface area contributed by atoms with Crippen LogP contribution in [0.25, 0.3) is 5.65 Å². The van der Waals surface area contributed by atoms with Crippen molar-refractivity contribution in [2.75, 3.05) is 0 Å². The number of hydrogen-bond acceptors (Lipinski definition) is 2. The van der Waals surface area contributed by atoms with E-state index in [0.29, 0.717) is 10.1 Å². The first-order chi connectivity index (χ1) is 6.18. The number of hydrogen-bond donors (Lipinski definition) is 0. The predicted molar refractivity (Wildman–Crippen MR) is 49.1 cm³/mol. The van der Waals surface area contributed by atoms with Crippen LogP contribution in [-0.2, 0) is 0 Å². The van der Waals surface area contributed by atoms with Crippen molar-refractivity contribution in [3.05, 3.63) is 45.2 Å². The molecule has 2 aromatic rings. The van der Waals surface area contributed by atoms with Gasteiger partial charge in [0.2, 0.25) is 0 Å².